The maximum absolute atomic E-state index is 10.6. The van der Waals surface area contributed by atoms with Crippen molar-refractivity contribution in [1.82, 2.24) is 9.97 Å². The van der Waals surface area contributed by atoms with Gasteiger partial charge in [-0.1, -0.05) is 0 Å². The van der Waals surface area contributed by atoms with E-state index in [0.29, 0.717) is 18.3 Å². The Hall–Kier alpha value is -1.69. The third-order valence-corrected chi connectivity index (χ3v) is 2.79. The van der Waals surface area contributed by atoms with Crippen LogP contribution in [0.2, 0.25) is 0 Å². The van der Waals surface area contributed by atoms with E-state index in [0.717, 1.165) is 18.7 Å². The smallest absolute Gasteiger partial charge is 0.323 e. The Morgan fingerprint density at radius 2 is 2.47 bits per heavy atom. The molecular formula is C11H15N3O3. The molecule has 6 nitrogen and oxygen atoms in total. The fourth-order valence-corrected chi connectivity index (χ4v) is 1.85. The van der Waals surface area contributed by atoms with E-state index >= 15 is 0 Å². The van der Waals surface area contributed by atoms with E-state index in [1.165, 1.54) is 6.33 Å². The molecule has 1 aromatic heterocycles. The highest BCUT2D eigenvalue weighted by molar-refractivity contribution is 5.72. The first-order chi connectivity index (χ1) is 8.16. The van der Waals surface area contributed by atoms with Crippen LogP contribution in [0.5, 0.6) is 0 Å². The molecule has 1 unspecified atom stereocenters. The van der Waals surface area contributed by atoms with Gasteiger partial charge >= 0.3 is 5.97 Å². The molecule has 1 aliphatic rings. The molecular weight excluding hydrogens is 222 g/mol. The quantitative estimate of drug-likeness (QED) is 0.822. The Balaban J connectivity index is 2.12. The zero-order valence-electron chi connectivity index (χ0n) is 9.67. The number of carbonyl (C=O) groups is 1. The summed E-state index contributed by atoms with van der Waals surface area (Å²) in [7, 11) is 1.70. The van der Waals surface area contributed by atoms with Gasteiger partial charge in [-0.3, -0.25) is 4.79 Å². The monoisotopic (exact) mass is 237 g/mol. The molecule has 2 rings (SSSR count). The molecule has 0 aromatic carbocycles. The van der Waals surface area contributed by atoms with Crippen LogP contribution in [0.3, 0.4) is 0 Å². The van der Waals surface area contributed by atoms with Crippen molar-refractivity contribution in [1.29, 1.82) is 0 Å². The van der Waals surface area contributed by atoms with Gasteiger partial charge in [0.15, 0.2) is 0 Å². The Morgan fingerprint density at radius 3 is 3.12 bits per heavy atom. The van der Waals surface area contributed by atoms with Gasteiger partial charge in [0.25, 0.3) is 0 Å². The predicted molar refractivity (Wildman–Crippen MR) is 61.1 cm³/mol. The number of nitrogens with zero attached hydrogens (tertiary/aromatic N) is 3. The van der Waals surface area contributed by atoms with Crippen molar-refractivity contribution < 1.29 is 14.6 Å². The van der Waals surface area contributed by atoms with Crippen LogP contribution < -0.4 is 4.90 Å². The van der Waals surface area contributed by atoms with E-state index in [1.807, 2.05) is 6.07 Å². The zero-order valence-corrected chi connectivity index (χ0v) is 9.67. The van der Waals surface area contributed by atoms with Crippen LogP contribution in [0.1, 0.15) is 18.0 Å². The lowest BCUT2D eigenvalue weighted by atomic mass is 10.0. The molecule has 0 aliphatic carbocycles. The van der Waals surface area contributed by atoms with E-state index < -0.39 is 5.97 Å². The number of anilines is 1. The number of hydrogen-bond donors (Lipinski definition) is 1. The number of aliphatic carboxylic acids is 1. The third kappa shape index (κ3) is 2.91. The van der Waals surface area contributed by atoms with Crippen LogP contribution in [0.25, 0.3) is 0 Å². The maximum atomic E-state index is 10.6. The summed E-state index contributed by atoms with van der Waals surface area (Å²) in [6, 6.07) is 1.84. The van der Waals surface area contributed by atoms with Gasteiger partial charge in [0.05, 0.1) is 12.3 Å². The van der Waals surface area contributed by atoms with Gasteiger partial charge in [0.2, 0.25) is 0 Å². The van der Waals surface area contributed by atoms with Crippen molar-refractivity contribution in [2.24, 2.45) is 0 Å². The number of carboxylic acids is 1. The average molecular weight is 237 g/mol. The fourth-order valence-electron chi connectivity index (χ4n) is 1.85. The number of ether oxygens (including phenoxy) is 1. The number of likely N-dealkylation sites (N-methyl/N-ethyl adjacent to an activating group) is 1. The second-order valence-electron chi connectivity index (χ2n) is 4.11. The molecule has 0 saturated carbocycles. The lowest BCUT2D eigenvalue weighted by Gasteiger charge is -2.16. The van der Waals surface area contributed by atoms with Crippen molar-refractivity contribution in [3.63, 3.8) is 0 Å². The first-order valence-corrected chi connectivity index (χ1v) is 5.49. The molecule has 1 fully saturated rings. The summed E-state index contributed by atoms with van der Waals surface area (Å²) in [5, 5.41) is 8.72. The summed E-state index contributed by atoms with van der Waals surface area (Å²) < 4.78 is 5.31. The largest absolute Gasteiger partial charge is 0.480 e. The lowest BCUT2D eigenvalue weighted by molar-refractivity contribution is -0.135. The second-order valence-corrected chi connectivity index (χ2v) is 4.11. The highest BCUT2D eigenvalue weighted by Gasteiger charge is 2.20. The molecule has 0 bridgehead atoms. The van der Waals surface area contributed by atoms with Crippen molar-refractivity contribution in [3.8, 4) is 0 Å². The van der Waals surface area contributed by atoms with Gasteiger partial charge in [-0.15, -0.1) is 0 Å². The molecule has 17 heavy (non-hydrogen) atoms. The third-order valence-electron chi connectivity index (χ3n) is 2.79. The summed E-state index contributed by atoms with van der Waals surface area (Å²) in [6.45, 7) is 1.37. The van der Waals surface area contributed by atoms with Gasteiger partial charge in [0, 0.05) is 25.6 Å². The van der Waals surface area contributed by atoms with Gasteiger partial charge in [-0.05, 0) is 6.42 Å². The molecule has 6 heteroatoms. The number of aromatic nitrogens is 2. The first kappa shape index (κ1) is 11.8. The lowest BCUT2D eigenvalue weighted by Crippen LogP contribution is -2.26. The summed E-state index contributed by atoms with van der Waals surface area (Å²) in [6.07, 6.45) is 2.43. The minimum Gasteiger partial charge on any atom is -0.480 e. The molecule has 1 N–H and O–H groups in total. The van der Waals surface area contributed by atoms with Crippen LogP contribution in [0, 0.1) is 0 Å². The van der Waals surface area contributed by atoms with Crippen molar-refractivity contribution >= 4 is 11.8 Å². The summed E-state index contributed by atoms with van der Waals surface area (Å²) in [5.41, 5.74) is 0.921. The molecule has 2 heterocycles. The molecule has 1 atom stereocenters. The topological polar surface area (TPSA) is 75.6 Å². The summed E-state index contributed by atoms with van der Waals surface area (Å²) in [4.78, 5) is 20.5. The van der Waals surface area contributed by atoms with Crippen LogP contribution in [-0.2, 0) is 9.53 Å². The molecule has 1 aliphatic heterocycles. The van der Waals surface area contributed by atoms with Crippen molar-refractivity contribution in [2.75, 3.05) is 31.7 Å². The van der Waals surface area contributed by atoms with Crippen LogP contribution in [-0.4, -0.2) is 47.8 Å². The Bertz CT molecular complexity index is 405. The highest BCUT2D eigenvalue weighted by atomic mass is 16.5. The maximum Gasteiger partial charge on any atom is 0.323 e. The van der Waals surface area contributed by atoms with Gasteiger partial charge in [-0.2, -0.15) is 0 Å². The molecule has 0 spiro atoms. The average Bonchev–Trinajstić information content (AvgIpc) is 2.82. The van der Waals surface area contributed by atoms with Crippen LogP contribution >= 0.6 is 0 Å². The normalized spacial score (nSPS) is 19.2. The zero-order chi connectivity index (χ0) is 12.3. The van der Waals surface area contributed by atoms with E-state index in [4.69, 9.17) is 9.84 Å². The molecule has 0 amide bonds. The van der Waals surface area contributed by atoms with E-state index in [9.17, 15) is 4.79 Å². The van der Waals surface area contributed by atoms with E-state index in [-0.39, 0.29) is 6.54 Å². The summed E-state index contributed by atoms with van der Waals surface area (Å²) in [5.74, 6) is 0.0520. The molecule has 1 saturated heterocycles. The summed E-state index contributed by atoms with van der Waals surface area (Å²) >= 11 is 0. The minimum atomic E-state index is -0.878. The standard InChI is InChI=1S/C11H15N3O3/c1-14(5-11(15)16)10-4-9(12-7-13-10)8-2-3-17-6-8/h4,7-8H,2-3,5-6H2,1H3,(H,15,16). The van der Waals surface area contributed by atoms with Gasteiger partial charge in [-0.25, -0.2) is 9.97 Å². The second kappa shape index (κ2) is 5.09. The Kier molecular flexibility index (Phi) is 3.53. The van der Waals surface area contributed by atoms with Crippen molar-refractivity contribution in [2.45, 2.75) is 12.3 Å². The van der Waals surface area contributed by atoms with Crippen LogP contribution in [0.15, 0.2) is 12.4 Å². The van der Waals surface area contributed by atoms with E-state index in [2.05, 4.69) is 9.97 Å². The molecule has 0 radical (unpaired) electrons. The van der Waals surface area contributed by atoms with E-state index in [1.54, 1.807) is 11.9 Å². The van der Waals surface area contributed by atoms with Gasteiger partial charge < -0.3 is 14.7 Å². The van der Waals surface area contributed by atoms with Crippen LogP contribution in [0.4, 0.5) is 5.82 Å². The first-order valence-electron chi connectivity index (χ1n) is 5.49. The number of hydrogen-bond acceptors (Lipinski definition) is 5. The predicted octanol–water partition coefficient (Wildman–Crippen LogP) is 0.501. The minimum absolute atomic E-state index is 0.0718. The molecule has 92 valence electrons. The number of carboxylic acid groups (broad SMARTS) is 1. The van der Waals surface area contributed by atoms with Crippen molar-refractivity contribution in [3.05, 3.63) is 18.1 Å². The SMILES string of the molecule is CN(CC(=O)O)c1cc(C2CCOC2)ncn1. The molecule has 1 aromatic rings. The fraction of sp³-hybridized carbons (Fsp3) is 0.545. The van der Waals surface area contributed by atoms with Gasteiger partial charge in [0.1, 0.15) is 18.7 Å². The Labute approximate surface area is 99.2 Å². The number of rotatable bonds is 4. The Morgan fingerprint density at radius 1 is 1.65 bits per heavy atom. The highest BCUT2D eigenvalue weighted by Crippen LogP contribution is 2.24.